The molecule has 5 heteroatoms. The topological polar surface area (TPSA) is 37.9 Å². The van der Waals surface area contributed by atoms with Gasteiger partial charge in [0.1, 0.15) is 11.6 Å². The molecule has 0 bridgehead atoms. The van der Waals surface area contributed by atoms with Crippen molar-refractivity contribution in [2.45, 2.75) is 32.8 Å². The fraction of sp³-hybridized carbons (Fsp3) is 0.250. The van der Waals surface area contributed by atoms with Gasteiger partial charge in [0.15, 0.2) is 6.10 Å². The summed E-state index contributed by atoms with van der Waals surface area (Å²) in [6, 6.07) is 15.5. The Morgan fingerprint density at radius 3 is 2.52 bits per heavy atom. The molecule has 0 aliphatic heterocycles. The molecule has 25 heavy (non-hydrogen) atoms. The van der Waals surface area contributed by atoms with Crippen molar-refractivity contribution in [1.29, 1.82) is 0 Å². The van der Waals surface area contributed by atoms with Crippen molar-refractivity contribution in [3.05, 3.63) is 81.4 Å². The number of halogens is 2. The lowest BCUT2D eigenvalue weighted by molar-refractivity contribution is 0.192. The van der Waals surface area contributed by atoms with Crippen molar-refractivity contribution in [2.24, 2.45) is 0 Å². The summed E-state index contributed by atoms with van der Waals surface area (Å²) in [4.78, 5) is 8.13. The van der Waals surface area contributed by atoms with E-state index in [2.05, 4.69) is 11.9 Å². The second-order valence-electron chi connectivity index (χ2n) is 5.95. The highest BCUT2D eigenvalue weighted by molar-refractivity contribution is 6.42. The third-order valence-corrected chi connectivity index (χ3v) is 4.80. The fourth-order valence-electron chi connectivity index (χ4n) is 2.68. The summed E-state index contributed by atoms with van der Waals surface area (Å²) in [7, 11) is 0. The maximum absolute atomic E-state index is 6.11. The van der Waals surface area contributed by atoms with Crippen LogP contribution in [0.3, 0.4) is 0 Å². The first kappa shape index (κ1) is 17.8. The Kier molecular flexibility index (Phi) is 5.67. The van der Waals surface area contributed by atoms with Crippen molar-refractivity contribution >= 4 is 23.2 Å². The molecule has 2 aromatic carbocycles. The average Bonchev–Trinajstić information content (AvgIpc) is 2.97. The number of aryl methyl sites for hydroxylation is 1. The van der Waals surface area contributed by atoms with Gasteiger partial charge in [0.05, 0.1) is 15.7 Å². The highest BCUT2D eigenvalue weighted by Gasteiger charge is 2.17. The third-order valence-electron chi connectivity index (χ3n) is 4.06. The van der Waals surface area contributed by atoms with Crippen molar-refractivity contribution in [2.75, 3.05) is 0 Å². The number of H-pyrrole nitrogens is 1. The van der Waals surface area contributed by atoms with Gasteiger partial charge in [-0.25, -0.2) is 4.98 Å². The van der Waals surface area contributed by atoms with Crippen molar-refractivity contribution < 1.29 is 4.74 Å². The minimum Gasteiger partial charge on any atom is -0.483 e. The van der Waals surface area contributed by atoms with Gasteiger partial charge in [-0.3, -0.25) is 0 Å². The Bertz CT molecular complexity index is 846. The molecule has 3 nitrogen and oxygen atoms in total. The summed E-state index contributed by atoms with van der Waals surface area (Å²) in [6.45, 7) is 4.11. The summed E-state index contributed by atoms with van der Waals surface area (Å²) < 4.78 is 6.07. The van der Waals surface area contributed by atoms with Gasteiger partial charge >= 0.3 is 0 Å². The smallest absolute Gasteiger partial charge is 0.156 e. The Morgan fingerprint density at radius 2 is 1.84 bits per heavy atom. The van der Waals surface area contributed by atoms with E-state index in [-0.39, 0.29) is 6.10 Å². The van der Waals surface area contributed by atoms with E-state index in [1.54, 1.807) is 0 Å². The van der Waals surface area contributed by atoms with Gasteiger partial charge in [0.25, 0.3) is 0 Å². The number of benzene rings is 2. The zero-order valence-electron chi connectivity index (χ0n) is 14.2. The van der Waals surface area contributed by atoms with Crippen LogP contribution in [0.1, 0.15) is 42.2 Å². The quantitative estimate of drug-likeness (QED) is 0.561. The van der Waals surface area contributed by atoms with E-state index in [9.17, 15) is 0 Å². The van der Waals surface area contributed by atoms with Crippen LogP contribution in [0.5, 0.6) is 5.75 Å². The Hall–Kier alpha value is -1.97. The monoisotopic (exact) mass is 374 g/mol. The highest BCUT2D eigenvalue weighted by Crippen LogP contribution is 2.26. The molecule has 1 unspecified atom stereocenters. The largest absolute Gasteiger partial charge is 0.483 e. The summed E-state index contributed by atoms with van der Waals surface area (Å²) in [6.07, 6.45) is 1.42. The first-order chi connectivity index (χ1) is 12.1. The lowest BCUT2D eigenvalue weighted by atomic mass is 10.1. The predicted octanol–water partition coefficient (Wildman–Crippen LogP) is 6.15. The second-order valence-corrected chi connectivity index (χ2v) is 6.76. The van der Waals surface area contributed by atoms with Gasteiger partial charge < -0.3 is 9.72 Å². The van der Waals surface area contributed by atoms with E-state index in [0.29, 0.717) is 16.5 Å². The summed E-state index contributed by atoms with van der Waals surface area (Å²) in [5, 5.41) is 1.12. The molecular weight excluding hydrogens is 355 g/mol. The third kappa shape index (κ3) is 4.36. The molecule has 0 amide bonds. The fourth-order valence-corrected chi connectivity index (χ4v) is 3.01. The molecule has 0 aliphatic rings. The molecule has 1 atom stereocenters. The van der Waals surface area contributed by atoms with E-state index in [4.69, 9.17) is 32.9 Å². The van der Waals surface area contributed by atoms with Crippen LogP contribution in [0.2, 0.25) is 10.0 Å². The molecule has 1 aromatic heterocycles. The molecule has 130 valence electrons. The van der Waals surface area contributed by atoms with Crippen molar-refractivity contribution in [1.82, 2.24) is 9.97 Å². The van der Waals surface area contributed by atoms with E-state index in [1.165, 1.54) is 0 Å². The van der Waals surface area contributed by atoms with Gasteiger partial charge in [-0.05, 0) is 43.2 Å². The number of aromatic amines is 1. The van der Waals surface area contributed by atoms with Crippen LogP contribution in [-0.2, 0) is 6.42 Å². The van der Waals surface area contributed by atoms with E-state index >= 15 is 0 Å². The second kappa shape index (κ2) is 7.94. The van der Waals surface area contributed by atoms with E-state index in [0.717, 1.165) is 34.9 Å². The van der Waals surface area contributed by atoms with Crippen LogP contribution >= 0.6 is 23.2 Å². The van der Waals surface area contributed by atoms with Crippen LogP contribution in [-0.4, -0.2) is 9.97 Å². The van der Waals surface area contributed by atoms with Crippen molar-refractivity contribution in [3.63, 3.8) is 0 Å². The minimum absolute atomic E-state index is 0.108. The normalized spacial score (nSPS) is 12.2. The molecule has 3 aromatic rings. The SMILES string of the molecule is CCC(Oc1ccccc1)c1nc(Cc2ccc(Cl)c(Cl)c2)c(C)[nH]1. The zero-order chi connectivity index (χ0) is 17.8. The number of ether oxygens (including phenoxy) is 1. The zero-order valence-corrected chi connectivity index (χ0v) is 15.7. The van der Waals surface area contributed by atoms with E-state index < -0.39 is 0 Å². The van der Waals surface area contributed by atoms with E-state index in [1.807, 2.05) is 55.5 Å². The number of rotatable bonds is 6. The number of aromatic nitrogens is 2. The predicted molar refractivity (Wildman–Crippen MR) is 103 cm³/mol. The lowest BCUT2D eigenvalue weighted by Gasteiger charge is -2.15. The maximum Gasteiger partial charge on any atom is 0.156 e. The molecule has 0 aliphatic carbocycles. The Balaban J connectivity index is 1.79. The molecule has 0 fully saturated rings. The van der Waals surface area contributed by atoms with Crippen LogP contribution in [0.4, 0.5) is 0 Å². The standard InChI is InChI=1S/C20H20Cl2N2O/c1-3-19(25-15-7-5-4-6-8-15)20-23-13(2)18(24-20)12-14-9-10-16(21)17(22)11-14/h4-11,19H,3,12H2,1-2H3,(H,23,24). The number of nitrogens with one attached hydrogen (secondary N) is 1. The number of hydrogen-bond acceptors (Lipinski definition) is 2. The number of hydrogen-bond donors (Lipinski definition) is 1. The van der Waals surface area contributed by atoms with Crippen LogP contribution in [0.25, 0.3) is 0 Å². The molecule has 0 spiro atoms. The molecule has 0 radical (unpaired) electrons. The maximum atomic E-state index is 6.11. The summed E-state index contributed by atoms with van der Waals surface area (Å²) in [5.41, 5.74) is 3.10. The van der Waals surface area contributed by atoms with Gasteiger partial charge in [-0.2, -0.15) is 0 Å². The Labute approximate surface area is 158 Å². The number of nitrogens with zero attached hydrogens (tertiary/aromatic N) is 1. The number of para-hydroxylation sites is 1. The molecule has 3 rings (SSSR count). The molecule has 0 saturated heterocycles. The van der Waals surface area contributed by atoms with Crippen LogP contribution in [0, 0.1) is 6.92 Å². The van der Waals surface area contributed by atoms with Crippen molar-refractivity contribution in [3.8, 4) is 5.75 Å². The number of imidazole rings is 1. The first-order valence-corrected chi connectivity index (χ1v) is 9.03. The van der Waals surface area contributed by atoms with Crippen LogP contribution < -0.4 is 4.74 Å². The summed E-state index contributed by atoms with van der Waals surface area (Å²) >= 11 is 12.1. The average molecular weight is 375 g/mol. The lowest BCUT2D eigenvalue weighted by Crippen LogP contribution is -2.08. The van der Waals surface area contributed by atoms with Crippen LogP contribution in [0.15, 0.2) is 48.5 Å². The molecule has 1 N–H and O–H groups in total. The Morgan fingerprint density at radius 1 is 1.08 bits per heavy atom. The van der Waals surface area contributed by atoms with Gasteiger partial charge in [-0.15, -0.1) is 0 Å². The van der Waals surface area contributed by atoms with Gasteiger partial charge in [0, 0.05) is 12.1 Å². The molecule has 1 heterocycles. The highest BCUT2D eigenvalue weighted by atomic mass is 35.5. The molecular formula is C20H20Cl2N2O. The minimum atomic E-state index is -0.108. The summed E-state index contributed by atoms with van der Waals surface area (Å²) in [5.74, 6) is 1.69. The van der Waals surface area contributed by atoms with Gasteiger partial charge in [0.2, 0.25) is 0 Å². The van der Waals surface area contributed by atoms with Gasteiger partial charge in [-0.1, -0.05) is 54.4 Å². The molecule has 0 saturated carbocycles. The first-order valence-electron chi connectivity index (χ1n) is 8.27.